The van der Waals surface area contributed by atoms with E-state index < -0.39 is 0 Å². The minimum Gasteiger partial charge on any atom is -0.352 e. The van der Waals surface area contributed by atoms with Crippen LogP contribution in [0.25, 0.3) is 0 Å². The average molecular weight is 373 g/mol. The van der Waals surface area contributed by atoms with Gasteiger partial charge in [0.15, 0.2) is 5.96 Å². The number of hydrogen-bond donors (Lipinski definition) is 3. The molecule has 2 rings (SSSR count). The third-order valence-electron chi connectivity index (χ3n) is 3.87. The van der Waals surface area contributed by atoms with Gasteiger partial charge in [-0.15, -0.1) is 11.3 Å². The number of aryl methyl sites for hydroxylation is 1. The lowest BCUT2D eigenvalue weighted by Gasteiger charge is -2.12. The number of amides is 1. The van der Waals surface area contributed by atoms with Gasteiger partial charge in [-0.05, 0) is 42.7 Å². The highest BCUT2D eigenvalue weighted by Gasteiger charge is 2.04. The van der Waals surface area contributed by atoms with Crippen LogP contribution in [0.4, 0.5) is 5.69 Å². The van der Waals surface area contributed by atoms with Crippen LogP contribution in [-0.2, 0) is 24.3 Å². The molecule has 140 valence electrons. The summed E-state index contributed by atoms with van der Waals surface area (Å²) in [6, 6.07) is 12.2. The standard InChI is InChI=1S/C20H28N4OS/c1-4-7-19(25)24-16-9-6-8-15(12-16)13-22-20(21-3)23-14-18-11-10-17(5-2)26-18/h6,8-12H,4-5,7,13-14H2,1-3H3,(H,24,25)(H2,21,22,23). The van der Waals surface area contributed by atoms with Crippen molar-refractivity contribution in [2.24, 2.45) is 4.99 Å². The number of anilines is 1. The van der Waals surface area contributed by atoms with E-state index in [1.54, 1.807) is 7.05 Å². The molecule has 3 N–H and O–H groups in total. The van der Waals surface area contributed by atoms with Crippen molar-refractivity contribution in [3.8, 4) is 0 Å². The van der Waals surface area contributed by atoms with Crippen molar-refractivity contribution in [3.05, 3.63) is 51.7 Å². The molecule has 5 nitrogen and oxygen atoms in total. The number of rotatable bonds is 8. The predicted molar refractivity (Wildman–Crippen MR) is 111 cm³/mol. The van der Waals surface area contributed by atoms with E-state index in [1.165, 1.54) is 9.75 Å². The van der Waals surface area contributed by atoms with Crippen molar-refractivity contribution in [2.45, 2.75) is 46.2 Å². The van der Waals surface area contributed by atoms with Gasteiger partial charge in [0.1, 0.15) is 0 Å². The Balaban J connectivity index is 1.84. The number of nitrogens with one attached hydrogen (secondary N) is 3. The van der Waals surface area contributed by atoms with Gasteiger partial charge in [-0.3, -0.25) is 9.79 Å². The van der Waals surface area contributed by atoms with Crippen LogP contribution in [0.15, 0.2) is 41.4 Å². The molecule has 1 aromatic carbocycles. The third kappa shape index (κ3) is 6.52. The van der Waals surface area contributed by atoms with E-state index in [4.69, 9.17) is 0 Å². The van der Waals surface area contributed by atoms with Crippen LogP contribution in [0.3, 0.4) is 0 Å². The second-order valence-corrected chi connectivity index (χ2v) is 7.25. The lowest BCUT2D eigenvalue weighted by atomic mass is 10.2. The number of thiophene rings is 1. The summed E-state index contributed by atoms with van der Waals surface area (Å²) >= 11 is 1.83. The molecule has 2 aromatic rings. The van der Waals surface area contributed by atoms with Gasteiger partial charge in [-0.2, -0.15) is 0 Å². The molecular formula is C20H28N4OS. The smallest absolute Gasteiger partial charge is 0.224 e. The number of benzene rings is 1. The number of hydrogen-bond acceptors (Lipinski definition) is 3. The van der Waals surface area contributed by atoms with Crippen molar-refractivity contribution in [2.75, 3.05) is 12.4 Å². The Morgan fingerprint density at radius 2 is 1.85 bits per heavy atom. The van der Waals surface area contributed by atoms with Gasteiger partial charge in [0.25, 0.3) is 0 Å². The van der Waals surface area contributed by atoms with Gasteiger partial charge < -0.3 is 16.0 Å². The molecule has 1 heterocycles. The summed E-state index contributed by atoms with van der Waals surface area (Å²) in [6.07, 6.45) is 2.46. The lowest BCUT2D eigenvalue weighted by molar-refractivity contribution is -0.116. The summed E-state index contributed by atoms with van der Waals surface area (Å²) < 4.78 is 0. The Morgan fingerprint density at radius 1 is 1.08 bits per heavy atom. The van der Waals surface area contributed by atoms with E-state index in [1.807, 2.05) is 42.5 Å². The first-order valence-corrected chi connectivity index (χ1v) is 9.87. The van der Waals surface area contributed by atoms with E-state index in [2.05, 4.69) is 40.0 Å². The normalized spacial score (nSPS) is 11.3. The maximum absolute atomic E-state index is 11.7. The largest absolute Gasteiger partial charge is 0.352 e. The zero-order chi connectivity index (χ0) is 18.8. The van der Waals surface area contributed by atoms with Gasteiger partial charge >= 0.3 is 0 Å². The lowest BCUT2D eigenvalue weighted by Crippen LogP contribution is -2.36. The van der Waals surface area contributed by atoms with Gasteiger partial charge in [0.2, 0.25) is 5.91 Å². The molecule has 0 aliphatic carbocycles. The first-order valence-electron chi connectivity index (χ1n) is 9.05. The Morgan fingerprint density at radius 3 is 2.54 bits per heavy atom. The number of guanidine groups is 1. The molecule has 0 unspecified atom stereocenters. The van der Waals surface area contributed by atoms with Gasteiger partial charge in [0.05, 0.1) is 6.54 Å². The molecule has 0 saturated carbocycles. The fourth-order valence-electron chi connectivity index (χ4n) is 2.49. The molecular weight excluding hydrogens is 344 g/mol. The average Bonchev–Trinajstić information content (AvgIpc) is 3.10. The predicted octanol–water partition coefficient (Wildman–Crippen LogP) is 3.91. The summed E-state index contributed by atoms with van der Waals surface area (Å²) in [5.74, 6) is 0.814. The van der Waals surface area contributed by atoms with Crippen LogP contribution in [0, 0.1) is 0 Å². The maximum atomic E-state index is 11.7. The molecule has 0 aliphatic rings. The van der Waals surface area contributed by atoms with Crippen molar-refractivity contribution >= 4 is 28.9 Å². The molecule has 0 aliphatic heterocycles. The van der Waals surface area contributed by atoms with Crippen LogP contribution in [-0.4, -0.2) is 18.9 Å². The van der Waals surface area contributed by atoms with E-state index in [-0.39, 0.29) is 5.91 Å². The Bertz CT molecular complexity index is 739. The Hall–Kier alpha value is -2.34. The van der Waals surface area contributed by atoms with Crippen molar-refractivity contribution in [1.29, 1.82) is 0 Å². The molecule has 0 fully saturated rings. The maximum Gasteiger partial charge on any atom is 0.224 e. The molecule has 0 radical (unpaired) electrons. The third-order valence-corrected chi connectivity index (χ3v) is 5.10. The molecule has 0 spiro atoms. The van der Waals surface area contributed by atoms with Crippen LogP contribution in [0.5, 0.6) is 0 Å². The number of carbonyl (C=O) groups excluding carboxylic acids is 1. The van der Waals surface area contributed by atoms with E-state index in [0.29, 0.717) is 13.0 Å². The summed E-state index contributed by atoms with van der Waals surface area (Å²) in [5, 5.41) is 9.58. The monoisotopic (exact) mass is 372 g/mol. The molecule has 6 heteroatoms. The van der Waals surface area contributed by atoms with E-state index >= 15 is 0 Å². The summed E-state index contributed by atoms with van der Waals surface area (Å²) in [5.41, 5.74) is 1.92. The van der Waals surface area contributed by atoms with Crippen LogP contribution in [0.1, 0.15) is 42.0 Å². The van der Waals surface area contributed by atoms with E-state index in [9.17, 15) is 4.79 Å². The quantitative estimate of drug-likeness (QED) is 0.486. The zero-order valence-electron chi connectivity index (χ0n) is 15.8. The molecule has 26 heavy (non-hydrogen) atoms. The van der Waals surface area contributed by atoms with Crippen molar-refractivity contribution in [1.82, 2.24) is 10.6 Å². The van der Waals surface area contributed by atoms with Crippen LogP contribution >= 0.6 is 11.3 Å². The highest BCUT2D eigenvalue weighted by Crippen LogP contribution is 2.16. The number of nitrogens with zero attached hydrogens (tertiary/aromatic N) is 1. The Kier molecular flexibility index (Phi) is 8.15. The highest BCUT2D eigenvalue weighted by molar-refractivity contribution is 7.11. The van der Waals surface area contributed by atoms with Crippen LogP contribution < -0.4 is 16.0 Å². The first-order chi connectivity index (χ1) is 12.6. The highest BCUT2D eigenvalue weighted by atomic mass is 32.1. The second-order valence-electron chi connectivity index (χ2n) is 6.00. The first kappa shape index (κ1) is 20.0. The summed E-state index contributed by atoms with van der Waals surface area (Å²) in [7, 11) is 1.77. The topological polar surface area (TPSA) is 65.5 Å². The van der Waals surface area contributed by atoms with Crippen molar-refractivity contribution < 1.29 is 4.79 Å². The summed E-state index contributed by atoms with van der Waals surface area (Å²) in [4.78, 5) is 18.7. The molecule has 0 atom stereocenters. The Labute approximate surface area is 159 Å². The van der Waals surface area contributed by atoms with Gasteiger partial charge in [-0.25, -0.2) is 0 Å². The zero-order valence-corrected chi connectivity index (χ0v) is 16.6. The van der Waals surface area contributed by atoms with Gasteiger partial charge in [0, 0.05) is 35.5 Å². The van der Waals surface area contributed by atoms with Crippen molar-refractivity contribution in [3.63, 3.8) is 0 Å². The molecule has 0 bridgehead atoms. The SMILES string of the molecule is CCCC(=O)Nc1cccc(CNC(=NC)NCc2ccc(CC)s2)c1. The molecule has 1 amide bonds. The number of aliphatic imine (C=N–C) groups is 1. The fraction of sp³-hybridized carbons (Fsp3) is 0.400. The van der Waals surface area contributed by atoms with E-state index in [0.717, 1.165) is 36.6 Å². The minimum absolute atomic E-state index is 0.0532. The fourth-order valence-corrected chi connectivity index (χ4v) is 3.39. The van der Waals surface area contributed by atoms with Gasteiger partial charge in [-0.1, -0.05) is 26.0 Å². The summed E-state index contributed by atoms with van der Waals surface area (Å²) in [6.45, 7) is 5.57. The number of carbonyl (C=O) groups is 1. The van der Waals surface area contributed by atoms with Crippen LogP contribution in [0.2, 0.25) is 0 Å². The molecule has 1 aromatic heterocycles. The second kappa shape index (κ2) is 10.6. The molecule has 0 saturated heterocycles. The minimum atomic E-state index is 0.0532.